The molecular formula is C25H25FN4O3. The van der Waals surface area contributed by atoms with Crippen LogP contribution in [-0.2, 0) is 15.1 Å². The summed E-state index contributed by atoms with van der Waals surface area (Å²) in [6.07, 6.45) is 5.58. The molecule has 0 saturated heterocycles. The standard InChI is InChI=1S/C25H25FN4O3/c1-17-14-29(16-27-17)21-9-4-18(12-23(21)31-3)22-13-24-28-33-15-25(2,30(24)10-11-32-22)19-5-7-20(26)8-6-19/h4-9,12-14,16H,10-11,15H2,1-3H3. The van der Waals surface area contributed by atoms with Crippen LogP contribution < -0.4 is 4.74 Å². The van der Waals surface area contributed by atoms with E-state index >= 15 is 0 Å². The van der Waals surface area contributed by atoms with Crippen molar-refractivity contribution in [3.05, 3.63) is 83.7 Å². The Hall–Kier alpha value is -3.81. The third-order valence-corrected chi connectivity index (χ3v) is 6.13. The second-order valence-electron chi connectivity index (χ2n) is 8.32. The van der Waals surface area contributed by atoms with Gasteiger partial charge < -0.3 is 23.8 Å². The molecule has 0 bridgehead atoms. The number of nitrogens with zero attached hydrogens (tertiary/aromatic N) is 4. The molecule has 0 saturated carbocycles. The van der Waals surface area contributed by atoms with Gasteiger partial charge in [-0.05, 0) is 49.7 Å². The normalized spacial score (nSPS) is 20.1. The lowest BCUT2D eigenvalue weighted by molar-refractivity contribution is 0.00269. The lowest BCUT2D eigenvalue weighted by Crippen LogP contribution is -2.53. The van der Waals surface area contributed by atoms with E-state index in [9.17, 15) is 4.39 Å². The average molecular weight is 448 g/mol. The number of amidine groups is 1. The topological polar surface area (TPSA) is 61.1 Å². The molecule has 7 nitrogen and oxygen atoms in total. The Kier molecular flexibility index (Phi) is 5.28. The van der Waals surface area contributed by atoms with Crippen LogP contribution in [0, 0.1) is 12.7 Å². The predicted octanol–water partition coefficient (Wildman–Crippen LogP) is 4.26. The summed E-state index contributed by atoms with van der Waals surface area (Å²) in [5.41, 5.74) is 3.14. The maximum absolute atomic E-state index is 13.5. The third kappa shape index (κ3) is 3.82. The molecule has 2 aromatic carbocycles. The first kappa shape index (κ1) is 21.1. The fourth-order valence-electron chi connectivity index (χ4n) is 4.29. The van der Waals surface area contributed by atoms with Gasteiger partial charge in [-0.1, -0.05) is 17.3 Å². The van der Waals surface area contributed by atoms with Crippen molar-refractivity contribution in [3.63, 3.8) is 0 Å². The zero-order chi connectivity index (χ0) is 23.0. The number of methoxy groups -OCH3 is 1. The molecule has 8 heteroatoms. The van der Waals surface area contributed by atoms with Crippen LogP contribution in [0.5, 0.6) is 5.75 Å². The van der Waals surface area contributed by atoms with Gasteiger partial charge in [0.1, 0.15) is 36.1 Å². The Morgan fingerprint density at radius 1 is 1.15 bits per heavy atom. The predicted molar refractivity (Wildman–Crippen MR) is 123 cm³/mol. The van der Waals surface area contributed by atoms with E-state index in [-0.39, 0.29) is 5.82 Å². The summed E-state index contributed by atoms with van der Waals surface area (Å²) in [6, 6.07) is 12.4. The van der Waals surface area contributed by atoms with E-state index in [2.05, 4.69) is 22.0 Å². The summed E-state index contributed by atoms with van der Waals surface area (Å²) in [7, 11) is 1.64. The maximum Gasteiger partial charge on any atom is 0.172 e. The summed E-state index contributed by atoms with van der Waals surface area (Å²) < 4.78 is 27.2. The van der Waals surface area contributed by atoms with Gasteiger partial charge in [-0.3, -0.25) is 0 Å². The number of hydrogen-bond acceptors (Lipinski definition) is 6. The van der Waals surface area contributed by atoms with Crippen molar-refractivity contribution in [2.75, 3.05) is 26.9 Å². The highest BCUT2D eigenvalue weighted by Crippen LogP contribution is 2.35. The molecule has 0 amide bonds. The van der Waals surface area contributed by atoms with Crippen LogP contribution in [0.15, 0.2) is 66.2 Å². The second-order valence-corrected chi connectivity index (χ2v) is 8.32. The Balaban J connectivity index is 1.49. The Labute approximate surface area is 191 Å². The van der Waals surface area contributed by atoms with Crippen LogP contribution in [0.1, 0.15) is 23.7 Å². The number of benzene rings is 2. The minimum absolute atomic E-state index is 0.266. The third-order valence-electron chi connectivity index (χ3n) is 6.13. The van der Waals surface area contributed by atoms with Crippen molar-refractivity contribution in [3.8, 4) is 11.4 Å². The Morgan fingerprint density at radius 2 is 1.97 bits per heavy atom. The zero-order valence-electron chi connectivity index (χ0n) is 18.8. The highest BCUT2D eigenvalue weighted by Gasteiger charge is 2.40. The number of rotatable bonds is 4. The van der Waals surface area contributed by atoms with Crippen molar-refractivity contribution in [2.24, 2.45) is 5.16 Å². The summed E-state index contributed by atoms with van der Waals surface area (Å²) in [4.78, 5) is 12.1. The first-order valence-electron chi connectivity index (χ1n) is 10.8. The largest absolute Gasteiger partial charge is 0.495 e. The molecule has 1 aromatic heterocycles. The van der Waals surface area contributed by atoms with Gasteiger partial charge >= 0.3 is 0 Å². The SMILES string of the molecule is COc1cc(C2=CC3=NOCC(C)(c4ccc(F)cc4)N3CCO2)ccc1-n1cnc(C)c1. The number of ether oxygens (including phenoxy) is 2. The molecule has 3 heterocycles. The first-order valence-corrected chi connectivity index (χ1v) is 10.8. The molecule has 0 fully saturated rings. The molecule has 3 aromatic rings. The van der Waals surface area contributed by atoms with Crippen LogP contribution >= 0.6 is 0 Å². The molecule has 1 unspecified atom stereocenters. The van der Waals surface area contributed by atoms with Gasteiger partial charge in [0, 0.05) is 17.8 Å². The van der Waals surface area contributed by atoms with Crippen LogP contribution in [0.25, 0.3) is 11.4 Å². The van der Waals surface area contributed by atoms with Gasteiger partial charge in [-0.25, -0.2) is 9.37 Å². The van der Waals surface area contributed by atoms with Gasteiger partial charge in [0.15, 0.2) is 5.84 Å². The van der Waals surface area contributed by atoms with Gasteiger partial charge in [0.25, 0.3) is 0 Å². The number of aromatic nitrogens is 2. The van der Waals surface area contributed by atoms with E-state index in [1.165, 1.54) is 12.1 Å². The highest BCUT2D eigenvalue weighted by atomic mass is 19.1. The highest BCUT2D eigenvalue weighted by molar-refractivity contribution is 5.99. The van der Waals surface area contributed by atoms with Crippen LogP contribution in [0.4, 0.5) is 4.39 Å². The number of imidazole rings is 1. The van der Waals surface area contributed by atoms with Crippen molar-refractivity contribution in [1.82, 2.24) is 14.5 Å². The fraction of sp³-hybridized carbons (Fsp3) is 0.280. The quantitative estimate of drug-likeness (QED) is 0.597. The van der Waals surface area contributed by atoms with Gasteiger partial charge in [-0.15, -0.1) is 0 Å². The molecule has 0 radical (unpaired) electrons. The molecule has 1 atom stereocenters. The minimum Gasteiger partial charge on any atom is -0.495 e. The van der Waals surface area contributed by atoms with Gasteiger partial charge in [0.05, 0.1) is 31.4 Å². The maximum atomic E-state index is 13.5. The molecule has 0 N–H and O–H groups in total. The van der Waals surface area contributed by atoms with Crippen molar-refractivity contribution >= 4 is 11.6 Å². The molecule has 0 aliphatic carbocycles. The summed E-state index contributed by atoms with van der Waals surface area (Å²) >= 11 is 0. The average Bonchev–Trinajstić information content (AvgIpc) is 3.12. The van der Waals surface area contributed by atoms with Gasteiger partial charge in [0.2, 0.25) is 0 Å². The zero-order valence-corrected chi connectivity index (χ0v) is 18.8. The second kappa shape index (κ2) is 8.27. The van der Waals surface area contributed by atoms with Crippen LogP contribution in [-0.4, -0.2) is 47.2 Å². The molecule has 0 spiro atoms. The number of oxime groups is 1. The molecule has 5 rings (SSSR count). The van der Waals surface area contributed by atoms with Gasteiger partial charge in [-0.2, -0.15) is 0 Å². The van der Waals surface area contributed by atoms with E-state index in [1.807, 2.05) is 42.0 Å². The molecular weight excluding hydrogens is 423 g/mol. The van der Waals surface area contributed by atoms with E-state index in [0.29, 0.717) is 37.1 Å². The van der Waals surface area contributed by atoms with Crippen molar-refractivity contribution in [1.29, 1.82) is 0 Å². The van der Waals surface area contributed by atoms with Crippen LogP contribution in [0.3, 0.4) is 0 Å². The van der Waals surface area contributed by atoms with E-state index in [1.54, 1.807) is 25.6 Å². The smallest absolute Gasteiger partial charge is 0.172 e. The van der Waals surface area contributed by atoms with Crippen LogP contribution in [0.2, 0.25) is 0 Å². The van der Waals surface area contributed by atoms with Crippen molar-refractivity contribution < 1.29 is 18.7 Å². The fourth-order valence-corrected chi connectivity index (χ4v) is 4.29. The molecule has 2 aliphatic heterocycles. The Bertz CT molecular complexity index is 1230. The lowest BCUT2D eigenvalue weighted by Gasteiger charge is -2.43. The van der Waals surface area contributed by atoms with E-state index in [4.69, 9.17) is 14.3 Å². The summed E-state index contributed by atoms with van der Waals surface area (Å²) in [6.45, 7) is 5.45. The van der Waals surface area contributed by atoms with E-state index < -0.39 is 5.54 Å². The lowest BCUT2D eigenvalue weighted by atomic mass is 9.90. The number of fused-ring (bicyclic) bond motifs is 1. The van der Waals surface area contributed by atoms with E-state index in [0.717, 1.165) is 22.5 Å². The molecule has 33 heavy (non-hydrogen) atoms. The minimum atomic E-state index is -0.499. The molecule has 2 aliphatic rings. The first-order chi connectivity index (χ1) is 16.0. The van der Waals surface area contributed by atoms with Crippen molar-refractivity contribution in [2.45, 2.75) is 19.4 Å². The number of halogens is 1. The Morgan fingerprint density at radius 3 is 2.70 bits per heavy atom. The number of hydrogen-bond donors (Lipinski definition) is 0. The molecule has 170 valence electrons. The number of aryl methyl sites for hydroxylation is 1. The summed E-state index contributed by atoms with van der Waals surface area (Å²) in [5.74, 6) is 1.77. The summed E-state index contributed by atoms with van der Waals surface area (Å²) in [5, 5.41) is 4.30. The monoisotopic (exact) mass is 448 g/mol.